The molecule has 0 aliphatic carbocycles. The summed E-state index contributed by atoms with van der Waals surface area (Å²) in [5.74, 6) is -0.860. The van der Waals surface area contributed by atoms with Crippen molar-refractivity contribution in [2.75, 3.05) is 0 Å². The molecule has 1 aromatic carbocycles. The molecule has 0 spiro atoms. The molecule has 0 amide bonds. The summed E-state index contributed by atoms with van der Waals surface area (Å²) in [5, 5.41) is 10.3. The second-order valence-electron chi connectivity index (χ2n) is 11.3. The molecule has 0 radical (unpaired) electrons. The van der Waals surface area contributed by atoms with E-state index in [0.717, 1.165) is 25.7 Å². The van der Waals surface area contributed by atoms with Crippen LogP contribution in [0.5, 0.6) is 11.5 Å². The second kappa shape index (κ2) is 20.3. The minimum atomic E-state index is -0.598. The standard InChI is InChI=1S/C34H52O6/c1-3-4-5-6-7-8-9-10-11-12-13-14-18-24-32(37)40-31-26-30(36)25-28-21-16-15-17-22-29(35)23-19-20-27(2)39-34(38)33(28)31/h16,21,25-27,36H,3-15,17-20,22-24H2,1-2H3/b21-16+/t27-/m0/s1. The molecule has 1 atom stereocenters. The number of phenolic OH excluding ortho intramolecular Hbond substituents is 1. The summed E-state index contributed by atoms with van der Waals surface area (Å²) in [6.07, 6.45) is 23.1. The van der Waals surface area contributed by atoms with Crippen molar-refractivity contribution >= 4 is 23.8 Å². The number of carbonyl (C=O) groups excluding carboxylic acids is 3. The van der Waals surface area contributed by atoms with Gasteiger partial charge in [-0.05, 0) is 50.7 Å². The zero-order valence-corrected chi connectivity index (χ0v) is 25.0. The van der Waals surface area contributed by atoms with E-state index in [-0.39, 0.29) is 35.4 Å². The van der Waals surface area contributed by atoms with Gasteiger partial charge in [-0.1, -0.05) is 96.1 Å². The first kappa shape index (κ1) is 33.6. The smallest absolute Gasteiger partial charge is 0.342 e. The van der Waals surface area contributed by atoms with Crippen molar-refractivity contribution in [2.24, 2.45) is 0 Å². The molecule has 0 unspecified atom stereocenters. The molecule has 0 aromatic heterocycles. The molecule has 0 bridgehead atoms. The van der Waals surface area contributed by atoms with Gasteiger partial charge in [0.25, 0.3) is 0 Å². The zero-order valence-electron chi connectivity index (χ0n) is 25.0. The van der Waals surface area contributed by atoms with Crippen LogP contribution in [0.2, 0.25) is 0 Å². The van der Waals surface area contributed by atoms with E-state index in [1.165, 1.54) is 76.3 Å². The fraction of sp³-hybridized carbons (Fsp3) is 0.676. The lowest BCUT2D eigenvalue weighted by molar-refractivity contribution is -0.134. The summed E-state index contributed by atoms with van der Waals surface area (Å²) in [4.78, 5) is 37.8. The molecule has 1 aliphatic rings. The summed E-state index contributed by atoms with van der Waals surface area (Å²) >= 11 is 0. The minimum absolute atomic E-state index is 0.0267. The molecule has 0 saturated heterocycles. The predicted molar refractivity (Wildman–Crippen MR) is 161 cm³/mol. The lowest BCUT2D eigenvalue weighted by Gasteiger charge is -2.17. The maximum Gasteiger partial charge on any atom is 0.342 e. The zero-order chi connectivity index (χ0) is 29.0. The molecule has 1 heterocycles. The highest BCUT2D eigenvalue weighted by molar-refractivity contribution is 5.98. The molecule has 6 nitrogen and oxygen atoms in total. The Labute approximate surface area is 241 Å². The fourth-order valence-corrected chi connectivity index (χ4v) is 5.15. The Balaban J connectivity index is 1.85. The number of allylic oxidation sites excluding steroid dienone is 1. The van der Waals surface area contributed by atoms with Crippen LogP contribution in [0.4, 0.5) is 0 Å². The lowest BCUT2D eigenvalue weighted by Crippen LogP contribution is -2.19. The maximum absolute atomic E-state index is 13.2. The third-order valence-electron chi connectivity index (χ3n) is 7.53. The van der Waals surface area contributed by atoms with Gasteiger partial charge < -0.3 is 14.6 Å². The Kier molecular flexibility index (Phi) is 17.0. The molecule has 1 N–H and O–H groups in total. The van der Waals surface area contributed by atoms with E-state index in [4.69, 9.17) is 9.47 Å². The van der Waals surface area contributed by atoms with Crippen molar-refractivity contribution < 1.29 is 29.0 Å². The van der Waals surface area contributed by atoms with E-state index < -0.39 is 11.9 Å². The van der Waals surface area contributed by atoms with Crippen LogP contribution in [0.1, 0.15) is 158 Å². The van der Waals surface area contributed by atoms with Gasteiger partial charge in [0, 0.05) is 25.3 Å². The molecule has 0 saturated carbocycles. The molecule has 2 rings (SSSR count). The fourth-order valence-electron chi connectivity index (χ4n) is 5.15. The number of unbranched alkanes of at least 4 members (excludes halogenated alkanes) is 12. The minimum Gasteiger partial charge on any atom is -0.508 e. The number of hydrogen-bond donors (Lipinski definition) is 1. The summed E-state index contributed by atoms with van der Waals surface area (Å²) in [6.45, 7) is 4.05. The first-order valence-electron chi connectivity index (χ1n) is 15.9. The Morgan fingerprint density at radius 1 is 0.900 bits per heavy atom. The van der Waals surface area contributed by atoms with E-state index in [1.807, 2.05) is 6.08 Å². The number of hydrogen-bond acceptors (Lipinski definition) is 6. The maximum atomic E-state index is 13.2. The number of aromatic hydroxyl groups is 1. The monoisotopic (exact) mass is 556 g/mol. The van der Waals surface area contributed by atoms with Crippen molar-refractivity contribution in [3.63, 3.8) is 0 Å². The normalized spacial score (nSPS) is 17.5. The molecular weight excluding hydrogens is 504 g/mol. The third-order valence-corrected chi connectivity index (χ3v) is 7.53. The number of phenols is 1. The Bertz CT molecular complexity index is 935. The molecule has 1 aromatic rings. The van der Waals surface area contributed by atoms with Gasteiger partial charge in [-0.2, -0.15) is 0 Å². The van der Waals surface area contributed by atoms with Gasteiger partial charge in [0.2, 0.25) is 0 Å². The number of Topliss-reactive ketones (excluding diaryl/α,β-unsaturated/α-hetero) is 1. The van der Waals surface area contributed by atoms with Crippen LogP contribution in [-0.4, -0.2) is 28.9 Å². The van der Waals surface area contributed by atoms with Crippen molar-refractivity contribution in [1.82, 2.24) is 0 Å². The average Bonchev–Trinajstić information content (AvgIpc) is 2.90. The first-order valence-corrected chi connectivity index (χ1v) is 15.9. The van der Waals surface area contributed by atoms with Crippen LogP contribution < -0.4 is 4.74 Å². The summed E-state index contributed by atoms with van der Waals surface area (Å²) in [6, 6.07) is 2.78. The number of ether oxygens (including phenoxy) is 2. The number of esters is 2. The Hall–Kier alpha value is -2.63. The molecule has 0 fully saturated rings. The van der Waals surface area contributed by atoms with E-state index >= 15 is 0 Å². The lowest BCUT2D eigenvalue weighted by atomic mass is 10.0. The van der Waals surface area contributed by atoms with E-state index in [1.54, 1.807) is 13.0 Å². The van der Waals surface area contributed by atoms with Crippen molar-refractivity contribution in [1.29, 1.82) is 0 Å². The molecule has 1 aliphatic heterocycles. The largest absolute Gasteiger partial charge is 0.508 e. The number of cyclic esters (lactones) is 1. The average molecular weight is 557 g/mol. The summed E-state index contributed by atoms with van der Waals surface area (Å²) in [7, 11) is 0. The van der Waals surface area contributed by atoms with Crippen molar-refractivity contribution in [3.05, 3.63) is 29.3 Å². The highest BCUT2D eigenvalue weighted by atomic mass is 16.6. The van der Waals surface area contributed by atoms with Crippen LogP contribution in [-0.2, 0) is 14.3 Å². The first-order chi connectivity index (χ1) is 19.4. The van der Waals surface area contributed by atoms with Crippen molar-refractivity contribution in [2.45, 2.75) is 148 Å². The van der Waals surface area contributed by atoms with Gasteiger partial charge in [0.1, 0.15) is 22.8 Å². The predicted octanol–water partition coefficient (Wildman–Crippen LogP) is 9.26. The topological polar surface area (TPSA) is 89.9 Å². The second-order valence-corrected chi connectivity index (χ2v) is 11.3. The molecular formula is C34H52O6. The van der Waals surface area contributed by atoms with E-state index in [2.05, 4.69) is 6.92 Å². The Morgan fingerprint density at radius 2 is 1.50 bits per heavy atom. The quantitative estimate of drug-likeness (QED) is 0.131. The van der Waals surface area contributed by atoms with Crippen LogP contribution in [0.3, 0.4) is 0 Å². The third kappa shape index (κ3) is 14.1. The van der Waals surface area contributed by atoms with Gasteiger partial charge in [-0.15, -0.1) is 0 Å². The molecule has 6 heteroatoms. The van der Waals surface area contributed by atoms with Gasteiger partial charge in [-0.3, -0.25) is 9.59 Å². The number of carbonyl (C=O) groups is 3. The number of rotatable bonds is 15. The van der Waals surface area contributed by atoms with Gasteiger partial charge in [0.15, 0.2) is 0 Å². The van der Waals surface area contributed by atoms with Crippen LogP contribution in [0, 0.1) is 0 Å². The molecule has 224 valence electrons. The van der Waals surface area contributed by atoms with Gasteiger partial charge in [-0.25, -0.2) is 4.79 Å². The number of benzene rings is 1. The Morgan fingerprint density at radius 3 is 2.15 bits per heavy atom. The van der Waals surface area contributed by atoms with Crippen LogP contribution in [0.15, 0.2) is 18.2 Å². The van der Waals surface area contributed by atoms with Crippen LogP contribution in [0.25, 0.3) is 6.08 Å². The molecule has 40 heavy (non-hydrogen) atoms. The number of fused-ring (bicyclic) bond motifs is 1. The highest BCUT2D eigenvalue weighted by Gasteiger charge is 2.23. The summed E-state index contributed by atoms with van der Waals surface area (Å²) in [5.41, 5.74) is 0.581. The van der Waals surface area contributed by atoms with Crippen molar-refractivity contribution in [3.8, 4) is 11.5 Å². The van der Waals surface area contributed by atoms with Gasteiger partial charge in [0.05, 0.1) is 6.10 Å². The number of ketones is 1. The van der Waals surface area contributed by atoms with E-state index in [9.17, 15) is 19.5 Å². The van der Waals surface area contributed by atoms with Crippen LogP contribution >= 0.6 is 0 Å². The van der Waals surface area contributed by atoms with Gasteiger partial charge >= 0.3 is 11.9 Å². The SMILES string of the molecule is CCCCCCCCCCCCCCCC(=O)Oc1cc(O)cc2c1C(=O)O[C@@H](C)CCCC(=O)CCC/C=C/2. The highest BCUT2D eigenvalue weighted by Crippen LogP contribution is 2.31. The summed E-state index contributed by atoms with van der Waals surface area (Å²) < 4.78 is 11.3. The van der Waals surface area contributed by atoms with E-state index in [0.29, 0.717) is 37.7 Å².